The molecule has 0 aromatic heterocycles. The normalized spacial score (nSPS) is 22.1. The molecule has 1 N–H and O–H groups in total. The lowest BCUT2D eigenvalue weighted by molar-refractivity contribution is 0.173. The molecule has 4 nitrogen and oxygen atoms in total. The standard InChI is InChI=1S/C15H23NO3S/c1-3-12-8-9-16(11-12)20(18,19)14-7-5-6-13(10-14)15(17)4-2/h5-7,10,12,15,17H,3-4,8-9,11H2,1-2H3. The predicted octanol–water partition coefficient (Wildman–Crippen LogP) is 2.55. The molecule has 1 aliphatic rings. The molecule has 2 rings (SSSR count). The van der Waals surface area contributed by atoms with Gasteiger partial charge in [-0.2, -0.15) is 4.31 Å². The first kappa shape index (κ1) is 15.5. The van der Waals surface area contributed by atoms with E-state index in [1.165, 1.54) is 0 Å². The van der Waals surface area contributed by atoms with Gasteiger partial charge >= 0.3 is 0 Å². The lowest BCUT2D eigenvalue weighted by atomic mass is 10.1. The van der Waals surface area contributed by atoms with Gasteiger partial charge in [-0.1, -0.05) is 32.4 Å². The van der Waals surface area contributed by atoms with Gasteiger partial charge in [-0.25, -0.2) is 8.42 Å². The molecule has 20 heavy (non-hydrogen) atoms. The van der Waals surface area contributed by atoms with Gasteiger partial charge in [0.2, 0.25) is 10.0 Å². The van der Waals surface area contributed by atoms with Gasteiger partial charge < -0.3 is 5.11 Å². The van der Waals surface area contributed by atoms with Crippen LogP contribution in [0.2, 0.25) is 0 Å². The van der Waals surface area contributed by atoms with Crippen molar-refractivity contribution in [2.75, 3.05) is 13.1 Å². The molecule has 1 heterocycles. The van der Waals surface area contributed by atoms with Gasteiger partial charge in [-0.3, -0.25) is 0 Å². The average molecular weight is 297 g/mol. The van der Waals surface area contributed by atoms with E-state index in [-0.39, 0.29) is 0 Å². The van der Waals surface area contributed by atoms with Crippen LogP contribution in [0.25, 0.3) is 0 Å². The van der Waals surface area contributed by atoms with Crippen LogP contribution in [-0.2, 0) is 10.0 Å². The average Bonchev–Trinajstić information content (AvgIpc) is 2.96. The summed E-state index contributed by atoms with van der Waals surface area (Å²) in [5, 5.41) is 9.86. The van der Waals surface area contributed by atoms with Crippen molar-refractivity contribution < 1.29 is 13.5 Å². The maximum Gasteiger partial charge on any atom is 0.243 e. The van der Waals surface area contributed by atoms with Crippen molar-refractivity contribution in [3.8, 4) is 0 Å². The van der Waals surface area contributed by atoms with Crippen LogP contribution >= 0.6 is 0 Å². The highest BCUT2D eigenvalue weighted by atomic mass is 32.2. The first-order valence-electron chi connectivity index (χ1n) is 7.27. The molecule has 1 aromatic rings. The highest BCUT2D eigenvalue weighted by Gasteiger charge is 2.31. The topological polar surface area (TPSA) is 57.6 Å². The van der Waals surface area contributed by atoms with Crippen LogP contribution in [0.15, 0.2) is 29.2 Å². The molecular weight excluding hydrogens is 274 g/mol. The Morgan fingerprint density at radius 2 is 2.15 bits per heavy atom. The number of aliphatic hydroxyl groups is 1. The van der Waals surface area contributed by atoms with Crippen LogP contribution in [0.3, 0.4) is 0 Å². The summed E-state index contributed by atoms with van der Waals surface area (Å²) in [5.74, 6) is 0.467. The first-order chi connectivity index (χ1) is 9.48. The van der Waals surface area contributed by atoms with Gasteiger partial charge in [0.1, 0.15) is 0 Å². The van der Waals surface area contributed by atoms with Crippen molar-refractivity contribution in [3.63, 3.8) is 0 Å². The van der Waals surface area contributed by atoms with E-state index in [0.29, 0.717) is 35.9 Å². The summed E-state index contributed by atoms with van der Waals surface area (Å²) in [6.45, 7) is 5.18. The van der Waals surface area contributed by atoms with Gasteiger partial charge in [-0.05, 0) is 36.5 Å². The minimum atomic E-state index is -3.42. The number of aliphatic hydroxyl groups excluding tert-OH is 1. The number of rotatable bonds is 5. The molecule has 0 radical (unpaired) electrons. The van der Waals surface area contributed by atoms with Crippen molar-refractivity contribution in [1.82, 2.24) is 4.31 Å². The first-order valence-corrected chi connectivity index (χ1v) is 8.71. The fourth-order valence-corrected chi connectivity index (χ4v) is 4.20. The van der Waals surface area contributed by atoms with Crippen LogP contribution < -0.4 is 0 Å². The summed E-state index contributed by atoms with van der Waals surface area (Å²) in [4.78, 5) is 0.291. The second-order valence-corrected chi connectivity index (χ2v) is 7.36. The van der Waals surface area contributed by atoms with E-state index in [9.17, 15) is 13.5 Å². The Labute approximate surface area is 121 Å². The third-order valence-electron chi connectivity index (χ3n) is 4.09. The Morgan fingerprint density at radius 3 is 2.75 bits per heavy atom. The molecule has 1 aliphatic heterocycles. The Hall–Kier alpha value is -0.910. The van der Waals surface area contributed by atoms with Crippen molar-refractivity contribution in [1.29, 1.82) is 0 Å². The second kappa shape index (κ2) is 6.24. The smallest absolute Gasteiger partial charge is 0.243 e. The molecule has 0 bridgehead atoms. The highest BCUT2D eigenvalue weighted by Crippen LogP contribution is 2.27. The molecule has 112 valence electrons. The molecule has 0 saturated carbocycles. The Kier molecular flexibility index (Phi) is 4.83. The molecule has 1 aromatic carbocycles. The summed E-state index contributed by atoms with van der Waals surface area (Å²) < 4.78 is 26.8. The molecule has 1 saturated heterocycles. The third-order valence-corrected chi connectivity index (χ3v) is 5.95. The number of benzene rings is 1. The fourth-order valence-electron chi connectivity index (χ4n) is 2.62. The van der Waals surface area contributed by atoms with E-state index in [2.05, 4.69) is 6.92 Å². The zero-order chi connectivity index (χ0) is 14.8. The second-order valence-electron chi connectivity index (χ2n) is 5.42. The Morgan fingerprint density at radius 1 is 1.40 bits per heavy atom. The van der Waals surface area contributed by atoms with E-state index in [1.807, 2.05) is 6.92 Å². The van der Waals surface area contributed by atoms with Crippen LogP contribution in [0.4, 0.5) is 0 Å². The molecule has 1 fully saturated rings. The molecule has 5 heteroatoms. The monoisotopic (exact) mass is 297 g/mol. The van der Waals surface area contributed by atoms with Crippen LogP contribution in [-0.4, -0.2) is 30.9 Å². The van der Waals surface area contributed by atoms with E-state index in [4.69, 9.17) is 0 Å². The zero-order valence-corrected chi connectivity index (χ0v) is 12.9. The quantitative estimate of drug-likeness (QED) is 0.908. The maximum absolute atomic E-state index is 12.6. The maximum atomic E-state index is 12.6. The lowest BCUT2D eigenvalue weighted by Crippen LogP contribution is -2.29. The van der Waals surface area contributed by atoms with E-state index in [0.717, 1.165) is 12.8 Å². The summed E-state index contributed by atoms with van der Waals surface area (Å²) in [6.07, 6.45) is 1.92. The molecule has 0 amide bonds. The molecular formula is C15H23NO3S. The van der Waals surface area contributed by atoms with E-state index in [1.54, 1.807) is 28.6 Å². The van der Waals surface area contributed by atoms with Crippen molar-refractivity contribution in [2.24, 2.45) is 5.92 Å². The van der Waals surface area contributed by atoms with Gasteiger partial charge in [0.25, 0.3) is 0 Å². The summed E-state index contributed by atoms with van der Waals surface area (Å²) in [5.41, 5.74) is 0.666. The van der Waals surface area contributed by atoms with Crippen molar-refractivity contribution in [2.45, 2.75) is 44.1 Å². The molecule has 0 aliphatic carbocycles. The molecule has 0 spiro atoms. The van der Waals surface area contributed by atoms with Crippen LogP contribution in [0.1, 0.15) is 44.8 Å². The minimum absolute atomic E-state index is 0.291. The van der Waals surface area contributed by atoms with Crippen LogP contribution in [0, 0.1) is 5.92 Å². The third kappa shape index (κ3) is 3.05. The fraction of sp³-hybridized carbons (Fsp3) is 0.600. The summed E-state index contributed by atoms with van der Waals surface area (Å²) >= 11 is 0. The van der Waals surface area contributed by atoms with E-state index < -0.39 is 16.1 Å². The van der Waals surface area contributed by atoms with Gasteiger partial charge in [0, 0.05) is 13.1 Å². The predicted molar refractivity (Wildman–Crippen MR) is 78.8 cm³/mol. The highest BCUT2D eigenvalue weighted by molar-refractivity contribution is 7.89. The summed E-state index contributed by atoms with van der Waals surface area (Å²) in [7, 11) is -3.42. The number of hydrogen-bond acceptors (Lipinski definition) is 3. The van der Waals surface area contributed by atoms with Gasteiger partial charge in [0.15, 0.2) is 0 Å². The SMILES string of the molecule is CCC1CCN(S(=O)(=O)c2cccc(C(O)CC)c2)C1. The van der Waals surface area contributed by atoms with Crippen LogP contribution in [0.5, 0.6) is 0 Å². The minimum Gasteiger partial charge on any atom is -0.388 e. The lowest BCUT2D eigenvalue weighted by Gasteiger charge is -2.17. The van der Waals surface area contributed by atoms with Gasteiger partial charge in [-0.15, -0.1) is 0 Å². The summed E-state index contributed by atoms with van der Waals surface area (Å²) in [6, 6.07) is 6.68. The molecule has 2 atom stereocenters. The number of hydrogen-bond donors (Lipinski definition) is 1. The Balaban J connectivity index is 2.26. The number of nitrogens with zero attached hydrogens (tertiary/aromatic N) is 1. The van der Waals surface area contributed by atoms with Crippen molar-refractivity contribution >= 4 is 10.0 Å². The largest absolute Gasteiger partial charge is 0.388 e. The number of sulfonamides is 1. The zero-order valence-electron chi connectivity index (χ0n) is 12.1. The van der Waals surface area contributed by atoms with Crippen molar-refractivity contribution in [3.05, 3.63) is 29.8 Å². The van der Waals surface area contributed by atoms with Gasteiger partial charge in [0.05, 0.1) is 11.0 Å². The molecule has 2 unspecified atom stereocenters. The van der Waals surface area contributed by atoms with E-state index >= 15 is 0 Å². The Bertz CT molecular complexity index is 556.